The van der Waals surface area contributed by atoms with Crippen LogP contribution in [-0.4, -0.2) is 56.4 Å². The van der Waals surface area contributed by atoms with Gasteiger partial charge in [0.05, 0.1) is 36.4 Å². The van der Waals surface area contributed by atoms with Gasteiger partial charge < -0.3 is 19.1 Å². The van der Waals surface area contributed by atoms with Crippen LogP contribution in [0.25, 0.3) is 0 Å². The zero-order valence-electron chi connectivity index (χ0n) is 12.8. The molecule has 5 nitrogen and oxygen atoms in total. The van der Waals surface area contributed by atoms with Gasteiger partial charge in [0.15, 0.2) is 0 Å². The smallest absolute Gasteiger partial charge is 0.255 e. The van der Waals surface area contributed by atoms with E-state index < -0.39 is 0 Å². The van der Waals surface area contributed by atoms with Crippen LogP contribution in [0.1, 0.15) is 23.2 Å². The molecule has 1 aliphatic carbocycles. The van der Waals surface area contributed by atoms with E-state index in [2.05, 4.69) is 0 Å². The lowest BCUT2D eigenvalue weighted by molar-refractivity contribution is -0.0316. The van der Waals surface area contributed by atoms with Gasteiger partial charge in [-0.05, 0) is 31.0 Å². The molecular weight excluding hydrogens is 306 g/mol. The summed E-state index contributed by atoms with van der Waals surface area (Å²) in [4.78, 5) is 14.8. The molecule has 2 fully saturated rings. The first-order valence-corrected chi connectivity index (χ1v) is 7.82. The molecule has 0 aromatic heterocycles. The summed E-state index contributed by atoms with van der Waals surface area (Å²) in [5.74, 6) is 0.522. The number of hydrogen-bond donors (Lipinski definition) is 0. The summed E-state index contributed by atoms with van der Waals surface area (Å²) in [6.07, 6.45) is 1.80. The molecule has 2 aliphatic rings. The van der Waals surface area contributed by atoms with Crippen molar-refractivity contribution in [3.63, 3.8) is 0 Å². The second-order valence-corrected chi connectivity index (χ2v) is 6.01. The van der Waals surface area contributed by atoms with Gasteiger partial charge in [-0.25, -0.2) is 0 Å². The number of nitrogens with zero attached hydrogens (tertiary/aromatic N) is 1. The summed E-state index contributed by atoms with van der Waals surface area (Å²) >= 11 is 6.21. The molecule has 3 atom stereocenters. The van der Waals surface area contributed by atoms with Crippen LogP contribution >= 0.6 is 11.6 Å². The Labute approximate surface area is 135 Å². The van der Waals surface area contributed by atoms with E-state index in [9.17, 15) is 4.79 Å². The van der Waals surface area contributed by atoms with Crippen molar-refractivity contribution in [2.24, 2.45) is 0 Å². The third-order valence-corrected chi connectivity index (χ3v) is 4.82. The minimum absolute atomic E-state index is 0.0345. The lowest BCUT2D eigenvalue weighted by Gasteiger charge is -2.31. The average Bonchev–Trinajstić information content (AvgIpc) is 2.82. The van der Waals surface area contributed by atoms with Crippen molar-refractivity contribution in [3.05, 3.63) is 28.8 Å². The van der Waals surface area contributed by atoms with Gasteiger partial charge in [-0.3, -0.25) is 4.79 Å². The molecule has 120 valence electrons. The quantitative estimate of drug-likeness (QED) is 0.856. The van der Waals surface area contributed by atoms with Gasteiger partial charge >= 0.3 is 0 Å². The number of fused-ring (bicyclic) bond motifs is 2. The number of amides is 1. The number of rotatable bonds is 3. The maximum atomic E-state index is 13.0. The molecule has 6 heteroatoms. The summed E-state index contributed by atoms with van der Waals surface area (Å²) in [6, 6.07) is 5.15. The summed E-state index contributed by atoms with van der Waals surface area (Å²) < 4.78 is 16.6. The van der Waals surface area contributed by atoms with Gasteiger partial charge in [0, 0.05) is 13.7 Å². The zero-order chi connectivity index (χ0) is 15.7. The monoisotopic (exact) mass is 325 g/mol. The van der Waals surface area contributed by atoms with Crippen LogP contribution in [0, 0.1) is 0 Å². The summed E-state index contributed by atoms with van der Waals surface area (Å²) in [5, 5.41) is 0.430. The Bertz CT molecular complexity index is 565. The Balaban J connectivity index is 1.90. The van der Waals surface area contributed by atoms with Crippen molar-refractivity contribution in [3.8, 4) is 5.75 Å². The number of methoxy groups -OCH3 is 2. The molecule has 1 saturated heterocycles. The first-order valence-electron chi connectivity index (χ1n) is 7.44. The van der Waals surface area contributed by atoms with Gasteiger partial charge in [0.25, 0.3) is 5.91 Å². The van der Waals surface area contributed by atoms with E-state index in [1.807, 2.05) is 4.90 Å². The second kappa shape index (κ2) is 6.44. The highest BCUT2D eigenvalue weighted by Gasteiger charge is 2.44. The maximum absolute atomic E-state index is 13.0. The largest absolute Gasteiger partial charge is 0.497 e. The number of ether oxygens (including phenoxy) is 3. The van der Waals surface area contributed by atoms with E-state index in [0.717, 1.165) is 12.8 Å². The highest BCUT2D eigenvalue weighted by atomic mass is 35.5. The Morgan fingerprint density at radius 1 is 1.36 bits per heavy atom. The lowest BCUT2D eigenvalue weighted by atomic mass is 10.1. The third kappa shape index (κ3) is 2.69. The molecule has 3 rings (SSSR count). The molecular formula is C16H20ClNO4. The van der Waals surface area contributed by atoms with E-state index >= 15 is 0 Å². The van der Waals surface area contributed by atoms with Gasteiger partial charge in [-0.15, -0.1) is 0 Å². The van der Waals surface area contributed by atoms with E-state index in [-0.39, 0.29) is 24.2 Å². The maximum Gasteiger partial charge on any atom is 0.255 e. The number of carbonyl (C=O) groups excluding carboxylic acids is 1. The molecule has 0 unspecified atom stereocenters. The van der Waals surface area contributed by atoms with E-state index in [0.29, 0.717) is 29.5 Å². The van der Waals surface area contributed by atoms with Crippen LogP contribution < -0.4 is 4.74 Å². The van der Waals surface area contributed by atoms with E-state index in [4.69, 9.17) is 25.8 Å². The van der Waals surface area contributed by atoms with Crippen LogP contribution in [0.5, 0.6) is 5.75 Å². The number of halogens is 1. The third-order valence-electron chi connectivity index (χ3n) is 4.49. The van der Waals surface area contributed by atoms with Gasteiger partial charge in [-0.2, -0.15) is 0 Å². The minimum Gasteiger partial charge on any atom is -0.497 e. The predicted octanol–water partition coefficient (Wildman–Crippen LogP) is 2.37. The lowest BCUT2D eigenvalue weighted by Crippen LogP contribution is -2.46. The molecule has 1 saturated carbocycles. The molecule has 1 aromatic carbocycles. The Morgan fingerprint density at radius 2 is 2.18 bits per heavy atom. The number of carbonyl (C=O) groups is 1. The van der Waals surface area contributed by atoms with Crippen molar-refractivity contribution in [2.45, 2.75) is 31.1 Å². The molecule has 0 spiro atoms. The van der Waals surface area contributed by atoms with Crippen molar-refractivity contribution in [1.82, 2.24) is 4.90 Å². The summed E-state index contributed by atoms with van der Waals surface area (Å²) in [6.45, 7) is 1.07. The number of benzene rings is 1. The topological polar surface area (TPSA) is 48.0 Å². The molecule has 2 bridgehead atoms. The van der Waals surface area contributed by atoms with Crippen LogP contribution in [0.3, 0.4) is 0 Å². The Kier molecular flexibility index (Phi) is 4.57. The van der Waals surface area contributed by atoms with Crippen molar-refractivity contribution < 1.29 is 19.0 Å². The first-order chi connectivity index (χ1) is 10.7. The van der Waals surface area contributed by atoms with Crippen molar-refractivity contribution in [2.75, 3.05) is 27.4 Å². The average molecular weight is 326 g/mol. The van der Waals surface area contributed by atoms with Crippen LogP contribution in [0.4, 0.5) is 0 Å². The molecule has 22 heavy (non-hydrogen) atoms. The highest BCUT2D eigenvalue weighted by Crippen LogP contribution is 2.33. The van der Waals surface area contributed by atoms with Gasteiger partial charge in [0.2, 0.25) is 0 Å². The fourth-order valence-electron chi connectivity index (χ4n) is 3.40. The Morgan fingerprint density at radius 3 is 2.91 bits per heavy atom. The van der Waals surface area contributed by atoms with E-state index in [1.165, 1.54) is 0 Å². The fourth-order valence-corrected chi connectivity index (χ4v) is 3.60. The van der Waals surface area contributed by atoms with Crippen LogP contribution in [0.2, 0.25) is 5.02 Å². The normalized spacial score (nSPS) is 27.6. The fraction of sp³-hybridized carbons (Fsp3) is 0.562. The molecule has 1 aromatic rings. The predicted molar refractivity (Wildman–Crippen MR) is 82.6 cm³/mol. The van der Waals surface area contributed by atoms with Gasteiger partial charge in [0.1, 0.15) is 11.9 Å². The second-order valence-electron chi connectivity index (χ2n) is 5.60. The van der Waals surface area contributed by atoms with E-state index in [1.54, 1.807) is 32.4 Å². The number of hydrogen-bond acceptors (Lipinski definition) is 4. The zero-order valence-corrected chi connectivity index (χ0v) is 13.5. The Hall–Kier alpha value is -1.30. The molecule has 1 amide bonds. The molecule has 0 N–H and O–H groups in total. The SMILES string of the molecule is COc1ccc(Cl)c(C(=O)N2CCO[C@H]3CC[C@H]2[C@H]3OC)c1. The molecule has 1 aliphatic heterocycles. The minimum atomic E-state index is -0.0953. The van der Waals surface area contributed by atoms with Gasteiger partial charge in [-0.1, -0.05) is 11.6 Å². The van der Waals surface area contributed by atoms with Crippen molar-refractivity contribution in [1.29, 1.82) is 0 Å². The highest BCUT2D eigenvalue weighted by molar-refractivity contribution is 6.33. The van der Waals surface area contributed by atoms with Crippen LogP contribution in [-0.2, 0) is 9.47 Å². The first kappa shape index (κ1) is 15.6. The van der Waals surface area contributed by atoms with Crippen molar-refractivity contribution >= 4 is 17.5 Å². The summed E-state index contributed by atoms with van der Waals surface area (Å²) in [5.41, 5.74) is 0.459. The summed E-state index contributed by atoms with van der Waals surface area (Å²) in [7, 11) is 3.24. The van der Waals surface area contributed by atoms with Crippen LogP contribution in [0.15, 0.2) is 18.2 Å². The molecule has 0 radical (unpaired) electrons. The standard InChI is InChI=1S/C16H20ClNO4/c1-20-10-3-4-12(17)11(9-10)16(19)18-7-8-22-14-6-5-13(18)15(14)21-2/h3-4,9,13-15H,5-8H2,1-2H3/t13-,14-,15+/m0/s1. The molecule has 1 heterocycles.